The van der Waals surface area contributed by atoms with E-state index in [0.29, 0.717) is 11.0 Å². The molecule has 0 bridgehead atoms. The summed E-state index contributed by atoms with van der Waals surface area (Å²) in [5, 5.41) is 13.5. The van der Waals surface area contributed by atoms with E-state index in [-0.39, 0.29) is 17.1 Å². The minimum absolute atomic E-state index is 0.0520. The molecular weight excluding hydrogens is 494 g/mol. The summed E-state index contributed by atoms with van der Waals surface area (Å²) in [4.78, 5) is 12.4. The van der Waals surface area contributed by atoms with Crippen LogP contribution in [-0.4, -0.2) is 39.7 Å². The zero-order valence-corrected chi connectivity index (χ0v) is 22.8. The van der Waals surface area contributed by atoms with E-state index in [1.165, 1.54) is 17.3 Å². The third-order valence-corrected chi connectivity index (χ3v) is 6.67. The van der Waals surface area contributed by atoms with Gasteiger partial charge in [0.25, 0.3) is 5.91 Å². The summed E-state index contributed by atoms with van der Waals surface area (Å²) in [6, 6.07) is 25.9. The Hall–Kier alpha value is -4.17. The van der Waals surface area contributed by atoms with E-state index in [2.05, 4.69) is 65.8 Å². The summed E-state index contributed by atoms with van der Waals surface area (Å²) in [6.07, 6.45) is 5.24. The quantitative estimate of drug-likeness (QED) is 0.161. The van der Waals surface area contributed by atoms with Gasteiger partial charge in [-0.05, 0) is 46.9 Å². The summed E-state index contributed by atoms with van der Waals surface area (Å²) in [6.45, 7) is 6.56. The molecule has 0 aliphatic carbocycles. The second kappa shape index (κ2) is 12.4. The Kier molecular flexibility index (Phi) is 8.76. The van der Waals surface area contributed by atoms with Crippen molar-refractivity contribution in [1.29, 1.82) is 0 Å². The Morgan fingerprint density at radius 3 is 2.37 bits per heavy atom. The van der Waals surface area contributed by atoms with Crippen molar-refractivity contribution in [3.63, 3.8) is 0 Å². The number of ether oxygens (including phenoxy) is 1. The van der Waals surface area contributed by atoms with E-state index in [1.54, 1.807) is 19.4 Å². The van der Waals surface area contributed by atoms with Gasteiger partial charge in [0.2, 0.25) is 0 Å². The fourth-order valence-corrected chi connectivity index (χ4v) is 4.41. The lowest BCUT2D eigenvalue weighted by molar-refractivity contribution is -0.118. The minimum Gasteiger partial charge on any atom is -0.497 e. The molecule has 0 aliphatic rings. The SMILES string of the molecule is COc1ccc(-n2c(SCC(=O)N/N=C\C=C\c3ccccc3)nnc2-c2ccc(C(C)(C)C)cc2)cc1. The van der Waals surface area contributed by atoms with Gasteiger partial charge in [-0.25, -0.2) is 5.43 Å². The first kappa shape index (κ1) is 26.9. The van der Waals surface area contributed by atoms with Crippen LogP contribution in [0.1, 0.15) is 31.9 Å². The molecule has 7 nitrogen and oxygen atoms in total. The van der Waals surface area contributed by atoms with Crippen molar-refractivity contribution in [2.75, 3.05) is 12.9 Å². The van der Waals surface area contributed by atoms with Gasteiger partial charge in [0, 0.05) is 17.5 Å². The van der Waals surface area contributed by atoms with Gasteiger partial charge in [-0.15, -0.1) is 10.2 Å². The molecule has 0 spiro atoms. The van der Waals surface area contributed by atoms with Crippen molar-refractivity contribution >= 4 is 30.0 Å². The Bertz CT molecular complexity index is 1400. The van der Waals surface area contributed by atoms with E-state index >= 15 is 0 Å². The number of nitrogens with zero attached hydrogens (tertiary/aromatic N) is 4. The first-order chi connectivity index (χ1) is 18.3. The second-order valence-electron chi connectivity index (χ2n) is 9.54. The van der Waals surface area contributed by atoms with Crippen LogP contribution < -0.4 is 10.2 Å². The molecule has 1 N–H and O–H groups in total. The number of nitrogens with one attached hydrogen (secondary N) is 1. The molecule has 1 amide bonds. The number of thioether (sulfide) groups is 1. The van der Waals surface area contributed by atoms with Crippen LogP contribution in [0.3, 0.4) is 0 Å². The van der Waals surface area contributed by atoms with Gasteiger partial charge in [-0.2, -0.15) is 5.10 Å². The summed E-state index contributed by atoms with van der Waals surface area (Å²) >= 11 is 1.30. The fourth-order valence-electron chi connectivity index (χ4n) is 3.67. The number of hydrogen-bond donors (Lipinski definition) is 1. The highest BCUT2D eigenvalue weighted by Gasteiger charge is 2.19. The third-order valence-electron chi connectivity index (χ3n) is 5.74. The smallest absolute Gasteiger partial charge is 0.250 e. The van der Waals surface area contributed by atoms with Gasteiger partial charge in [0.05, 0.1) is 12.9 Å². The monoisotopic (exact) mass is 525 g/mol. The molecule has 4 aromatic rings. The zero-order valence-electron chi connectivity index (χ0n) is 22.0. The highest BCUT2D eigenvalue weighted by molar-refractivity contribution is 7.99. The molecule has 0 radical (unpaired) electrons. The number of aromatic nitrogens is 3. The topological polar surface area (TPSA) is 81.4 Å². The lowest BCUT2D eigenvalue weighted by atomic mass is 9.87. The fraction of sp³-hybridized carbons (Fsp3) is 0.200. The van der Waals surface area contributed by atoms with Crippen LogP contribution in [0.5, 0.6) is 5.75 Å². The first-order valence-electron chi connectivity index (χ1n) is 12.2. The lowest BCUT2D eigenvalue weighted by Crippen LogP contribution is -2.19. The third kappa shape index (κ3) is 6.98. The van der Waals surface area contributed by atoms with E-state index in [9.17, 15) is 4.79 Å². The summed E-state index contributed by atoms with van der Waals surface area (Å²) in [5.74, 6) is 1.35. The van der Waals surface area contributed by atoms with Crippen LogP contribution in [0.15, 0.2) is 95.2 Å². The van der Waals surface area contributed by atoms with Crippen molar-refractivity contribution in [3.05, 3.63) is 96.1 Å². The molecule has 38 heavy (non-hydrogen) atoms. The van der Waals surface area contributed by atoms with Crippen LogP contribution in [0.25, 0.3) is 23.2 Å². The molecule has 0 unspecified atom stereocenters. The van der Waals surface area contributed by atoms with Gasteiger partial charge in [0.1, 0.15) is 5.75 Å². The van der Waals surface area contributed by atoms with E-state index in [1.807, 2.05) is 65.2 Å². The van der Waals surface area contributed by atoms with Crippen LogP contribution in [-0.2, 0) is 10.2 Å². The van der Waals surface area contributed by atoms with Crippen LogP contribution in [0, 0.1) is 0 Å². The Morgan fingerprint density at radius 2 is 1.71 bits per heavy atom. The largest absolute Gasteiger partial charge is 0.497 e. The minimum atomic E-state index is -0.236. The zero-order chi connectivity index (χ0) is 27.0. The van der Waals surface area contributed by atoms with Crippen molar-refractivity contribution < 1.29 is 9.53 Å². The second-order valence-corrected chi connectivity index (χ2v) is 10.5. The average Bonchev–Trinajstić information content (AvgIpc) is 3.36. The highest BCUT2D eigenvalue weighted by Crippen LogP contribution is 2.30. The number of allylic oxidation sites excluding steroid dienone is 1. The van der Waals surface area contributed by atoms with Gasteiger partial charge < -0.3 is 4.74 Å². The molecule has 8 heteroatoms. The number of hydrogen-bond acceptors (Lipinski definition) is 6. The van der Waals surface area contributed by atoms with Crippen molar-refractivity contribution in [2.45, 2.75) is 31.3 Å². The van der Waals surface area contributed by atoms with Crippen LogP contribution in [0.4, 0.5) is 0 Å². The van der Waals surface area contributed by atoms with Crippen LogP contribution >= 0.6 is 11.8 Å². The Balaban J connectivity index is 1.50. The lowest BCUT2D eigenvalue weighted by Gasteiger charge is -2.19. The van der Waals surface area contributed by atoms with Gasteiger partial charge in [0.15, 0.2) is 11.0 Å². The molecular formula is C30H31N5O2S. The van der Waals surface area contributed by atoms with E-state index in [4.69, 9.17) is 4.74 Å². The van der Waals surface area contributed by atoms with Crippen molar-refractivity contribution in [1.82, 2.24) is 20.2 Å². The van der Waals surface area contributed by atoms with Crippen LogP contribution in [0.2, 0.25) is 0 Å². The predicted octanol–water partition coefficient (Wildman–Crippen LogP) is 6.15. The molecule has 0 fully saturated rings. The maximum atomic E-state index is 12.4. The maximum Gasteiger partial charge on any atom is 0.250 e. The number of hydrazone groups is 1. The standard InChI is InChI=1S/C30H31N5O2S/c1-30(2,3)24-14-12-23(13-15-24)28-33-34-29(35(28)25-16-18-26(37-4)19-17-25)38-21-27(36)32-31-20-8-11-22-9-6-5-7-10-22/h5-20H,21H2,1-4H3,(H,32,36)/b11-8+,31-20-. The first-order valence-corrected chi connectivity index (χ1v) is 13.2. The molecule has 3 aromatic carbocycles. The maximum absolute atomic E-state index is 12.4. The van der Waals surface area contributed by atoms with Crippen molar-refractivity contribution in [2.24, 2.45) is 5.10 Å². The number of methoxy groups -OCH3 is 1. The number of carbonyl (C=O) groups is 1. The number of amides is 1. The van der Waals surface area contributed by atoms with E-state index in [0.717, 1.165) is 22.6 Å². The molecule has 194 valence electrons. The molecule has 1 heterocycles. The Morgan fingerprint density at radius 1 is 1.00 bits per heavy atom. The van der Waals surface area contributed by atoms with Gasteiger partial charge >= 0.3 is 0 Å². The predicted molar refractivity (Wildman–Crippen MR) is 155 cm³/mol. The summed E-state index contributed by atoms with van der Waals surface area (Å²) in [7, 11) is 1.63. The van der Waals surface area contributed by atoms with E-state index < -0.39 is 0 Å². The molecule has 4 rings (SSSR count). The summed E-state index contributed by atoms with van der Waals surface area (Å²) in [5.41, 5.74) is 6.72. The number of rotatable bonds is 9. The molecule has 0 saturated carbocycles. The highest BCUT2D eigenvalue weighted by atomic mass is 32.2. The normalized spacial score (nSPS) is 11.8. The van der Waals surface area contributed by atoms with Gasteiger partial charge in [-0.1, -0.05) is 93.2 Å². The van der Waals surface area contributed by atoms with Gasteiger partial charge in [-0.3, -0.25) is 9.36 Å². The molecule has 1 aromatic heterocycles. The average molecular weight is 526 g/mol. The van der Waals surface area contributed by atoms with Crippen molar-refractivity contribution in [3.8, 4) is 22.8 Å². The Labute approximate surface area is 227 Å². The molecule has 0 saturated heterocycles. The number of benzene rings is 3. The molecule has 0 aliphatic heterocycles. The number of carbonyl (C=O) groups excluding carboxylic acids is 1. The molecule has 0 atom stereocenters. The summed E-state index contributed by atoms with van der Waals surface area (Å²) < 4.78 is 7.27.